The maximum Gasteiger partial charge on any atom is 0.307 e. The van der Waals surface area contributed by atoms with Crippen molar-refractivity contribution in [3.05, 3.63) is 0 Å². The molecule has 0 amide bonds. The van der Waals surface area contributed by atoms with Crippen molar-refractivity contribution in [2.75, 3.05) is 0 Å². The van der Waals surface area contributed by atoms with Gasteiger partial charge in [-0.2, -0.15) is 0 Å². The second-order valence-electron chi connectivity index (χ2n) is 10.6. The molecule has 0 aromatic heterocycles. The molecule has 2 fully saturated rings. The Bertz CT molecular complexity index is 493. The Morgan fingerprint density at radius 3 is 1.07 bits per heavy atom. The fourth-order valence-corrected chi connectivity index (χ4v) is 7.05. The van der Waals surface area contributed by atoms with E-state index in [2.05, 4.69) is 41.5 Å². The summed E-state index contributed by atoms with van der Waals surface area (Å²) in [6.45, 7) is 13.3. The Hall–Kier alpha value is -1.06. The minimum atomic E-state index is -0.612. The van der Waals surface area contributed by atoms with Gasteiger partial charge in [0.15, 0.2) is 0 Å². The van der Waals surface area contributed by atoms with E-state index in [1.807, 2.05) is 0 Å². The van der Waals surface area contributed by atoms with Crippen LogP contribution in [0.1, 0.15) is 92.9 Å². The monoisotopic (exact) mass is 408 g/mol. The van der Waals surface area contributed by atoms with Gasteiger partial charge in [-0.05, 0) is 66.6 Å². The fourth-order valence-electron chi connectivity index (χ4n) is 7.05. The van der Waals surface area contributed by atoms with Crippen LogP contribution >= 0.6 is 0 Å². The number of aliphatic carboxylic acids is 2. The van der Waals surface area contributed by atoms with Crippen LogP contribution in [0.25, 0.3) is 0 Å². The van der Waals surface area contributed by atoms with Crippen LogP contribution in [0.2, 0.25) is 0 Å². The first-order chi connectivity index (χ1) is 13.6. The van der Waals surface area contributed by atoms with Gasteiger partial charge in [0.05, 0.1) is 11.8 Å². The standard InChI is InChI=1S/C25H44O4/c1-7-15-11-19(12-16(8-2)21(15)23(26)27)25(5,6)20-13-17(9-3)22(24(28)29)18(10-4)14-20/h15-22H,7-14H2,1-6H3,(H,26,27)(H,28,29). The fraction of sp³-hybridized carbons (Fsp3) is 0.920. The Morgan fingerprint density at radius 2 is 0.897 bits per heavy atom. The van der Waals surface area contributed by atoms with E-state index < -0.39 is 11.9 Å². The van der Waals surface area contributed by atoms with Crippen molar-refractivity contribution in [3.8, 4) is 0 Å². The summed E-state index contributed by atoms with van der Waals surface area (Å²) >= 11 is 0. The van der Waals surface area contributed by atoms with Gasteiger partial charge in [-0.15, -0.1) is 0 Å². The summed E-state index contributed by atoms with van der Waals surface area (Å²) in [5.41, 5.74) is 0.120. The van der Waals surface area contributed by atoms with Crippen molar-refractivity contribution in [2.24, 2.45) is 52.8 Å². The molecular formula is C25H44O4. The zero-order valence-electron chi connectivity index (χ0n) is 19.5. The van der Waals surface area contributed by atoms with E-state index in [1.54, 1.807) is 0 Å². The summed E-state index contributed by atoms with van der Waals surface area (Å²) in [6.07, 6.45) is 7.74. The molecule has 0 heterocycles. The molecule has 4 atom stereocenters. The van der Waals surface area contributed by atoms with Gasteiger partial charge in [-0.3, -0.25) is 9.59 Å². The molecule has 29 heavy (non-hydrogen) atoms. The number of hydrogen-bond donors (Lipinski definition) is 2. The van der Waals surface area contributed by atoms with Crippen molar-refractivity contribution in [3.63, 3.8) is 0 Å². The SMILES string of the molecule is CCC1CC(C(C)(C)C2CC(CC)C(C(=O)O)C(CC)C2)CC(CC)C1C(=O)O. The van der Waals surface area contributed by atoms with Gasteiger partial charge in [-0.25, -0.2) is 0 Å². The number of hydrogen-bond acceptors (Lipinski definition) is 2. The maximum atomic E-state index is 12.0. The molecule has 168 valence electrons. The molecule has 0 radical (unpaired) electrons. The summed E-state index contributed by atoms with van der Waals surface area (Å²) in [7, 11) is 0. The quantitative estimate of drug-likeness (QED) is 0.491. The van der Waals surface area contributed by atoms with Crippen LogP contribution in [-0.2, 0) is 9.59 Å². The Labute approximate surface area is 177 Å². The van der Waals surface area contributed by atoms with Crippen molar-refractivity contribution in [1.82, 2.24) is 0 Å². The van der Waals surface area contributed by atoms with E-state index >= 15 is 0 Å². The van der Waals surface area contributed by atoms with E-state index in [0.29, 0.717) is 11.8 Å². The minimum Gasteiger partial charge on any atom is -0.481 e. The number of carbonyl (C=O) groups is 2. The van der Waals surface area contributed by atoms with Crippen LogP contribution in [0, 0.1) is 52.8 Å². The van der Waals surface area contributed by atoms with Gasteiger partial charge in [0.2, 0.25) is 0 Å². The van der Waals surface area contributed by atoms with Gasteiger partial charge in [0.25, 0.3) is 0 Å². The highest BCUT2D eigenvalue weighted by Crippen LogP contribution is 2.55. The molecule has 2 N–H and O–H groups in total. The second-order valence-corrected chi connectivity index (χ2v) is 10.6. The van der Waals surface area contributed by atoms with E-state index in [0.717, 1.165) is 51.4 Å². The molecule has 0 spiro atoms. The molecule has 2 rings (SSSR count). The van der Waals surface area contributed by atoms with E-state index in [4.69, 9.17) is 0 Å². The number of carboxylic acids is 2. The highest BCUT2D eigenvalue weighted by Gasteiger charge is 2.50. The van der Waals surface area contributed by atoms with Crippen molar-refractivity contribution in [2.45, 2.75) is 92.9 Å². The summed E-state index contributed by atoms with van der Waals surface area (Å²) in [5.74, 6) is 0.453. The molecular weight excluding hydrogens is 364 g/mol. The maximum absolute atomic E-state index is 12.0. The van der Waals surface area contributed by atoms with Gasteiger partial charge in [0, 0.05) is 0 Å². The van der Waals surface area contributed by atoms with Gasteiger partial charge in [-0.1, -0.05) is 67.2 Å². The molecule has 2 aliphatic carbocycles. The minimum absolute atomic E-state index is 0.120. The Kier molecular flexibility index (Phi) is 8.21. The first-order valence-corrected chi connectivity index (χ1v) is 12.1. The lowest BCUT2D eigenvalue weighted by molar-refractivity contribution is -0.152. The zero-order valence-corrected chi connectivity index (χ0v) is 19.5. The van der Waals surface area contributed by atoms with Crippen molar-refractivity contribution in [1.29, 1.82) is 0 Å². The first-order valence-electron chi connectivity index (χ1n) is 12.1. The summed E-state index contributed by atoms with van der Waals surface area (Å²) in [6, 6.07) is 0. The third kappa shape index (κ3) is 4.82. The van der Waals surface area contributed by atoms with Crippen LogP contribution in [0.4, 0.5) is 0 Å². The van der Waals surface area contributed by atoms with Crippen LogP contribution in [0.5, 0.6) is 0 Å². The molecule has 0 aromatic carbocycles. The highest BCUT2D eigenvalue weighted by molar-refractivity contribution is 5.71. The predicted octanol–water partition coefficient (Wildman–Crippen LogP) is 6.34. The second kappa shape index (κ2) is 9.83. The molecule has 0 aliphatic heterocycles. The van der Waals surface area contributed by atoms with Gasteiger partial charge < -0.3 is 10.2 Å². The summed E-state index contributed by atoms with van der Waals surface area (Å²) in [5, 5.41) is 19.7. The summed E-state index contributed by atoms with van der Waals surface area (Å²) < 4.78 is 0. The average molecular weight is 409 g/mol. The van der Waals surface area contributed by atoms with Crippen molar-refractivity contribution >= 4 is 11.9 Å². The Morgan fingerprint density at radius 1 is 0.655 bits per heavy atom. The van der Waals surface area contributed by atoms with Crippen LogP contribution in [0.3, 0.4) is 0 Å². The molecule has 4 nitrogen and oxygen atoms in total. The van der Waals surface area contributed by atoms with Crippen LogP contribution in [0.15, 0.2) is 0 Å². The van der Waals surface area contributed by atoms with Crippen LogP contribution < -0.4 is 0 Å². The van der Waals surface area contributed by atoms with Gasteiger partial charge in [0.1, 0.15) is 0 Å². The lowest BCUT2D eigenvalue weighted by Gasteiger charge is -2.52. The van der Waals surface area contributed by atoms with Gasteiger partial charge >= 0.3 is 11.9 Å². The molecule has 0 bridgehead atoms. The highest BCUT2D eigenvalue weighted by atomic mass is 16.4. The topological polar surface area (TPSA) is 74.6 Å². The smallest absolute Gasteiger partial charge is 0.307 e. The van der Waals surface area contributed by atoms with E-state index in [-0.39, 0.29) is 40.9 Å². The molecule has 0 aromatic rings. The molecule has 0 saturated heterocycles. The lowest BCUT2D eigenvalue weighted by atomic mass is 9.52. The molecule has 4 unspecified atom stereocenters. The third-order valence-electron chi connectivity index (χ3n) is 9.15. The number of rotatable bonds is 8. The molecule has 2 saturated carbocycles. The zero-order chi connectivity index (χ0) is 21.9. The largest absolute Gasteiger partial charge is 0.481 e. The average Bonchev–Trinajstić information content (AvgIpc) is 2.70. The van der Waals surface area contributed by atoms with E-state index in [9.17, 15) is 19.8 Å². The first kappa shape index (κ1) is 24.2. The summed E-state index contributed by atoms with van der Waals surface area (Å²) in [4.78, 5) is 23.9. The Balaban J connectivity index is 2.27. The lowest BCUT2D eigenvalue weighted by Crippen LogP contribution is -2.47. The normalized spacial score (nSPS) is 38.6. The van der Waals surface area contributed by atoms with Crippen molar-refractivity contribution < 1.29 is 19.8 Å². The van der Waals surface area contributed by atoms with Crippen LogP contribution in [-0.4, -0.2) is 22.2 Å². The number of carboxylic acid groups (broad SMARTS) is 2. The predicted molar refractivity (Wildman–Crippen MR) is 117 cm³/mol. The molecule has 4 heteroatoms. The third-order valence-corrected chi connectivity index (χ3v) is 9.15. The van der Waals surface area contributed by atoms with E-state index in [1.165, 1.54) is 0 Å². The molecule has 2 aliphatic rings.